The van der Waals surface area contributed by atoms with Crippen LogP contribution < -0.4 is 9.64 Å². The standard InChI is InChI=1S/C28H32N4O6/c1-4-38-28(35)22-19-24(32(29-22)23-7-5-6-8-25(23)36-2)20-9-11-21(12-10-20)30-15-17-31(18-16-30)26(33)13-14-27(34)37-3/h5-12,19H,4,13-18H2,1-3H3. The monoisotopic (exact) mass is 520 g/mol. The predicted octanol–water partition coefficient (Wildman–Crippen LogP) is 3.33. The molecule has 0 spiro atoms. The molecule has 1 aliphatic rings. The lowest BCUT2D eigenvalue weighted by Crippen LogP contribution is -2.48. The van der Waals surface area contributed by atoms with E-state index in [1.165, 1.54) is 7.11 Å². The number of esters is 2. The molecule has 0 saturated carbocycles. The molecule has 2 aromatic carbocycles. The van der Waals surface area contributed by atoms with Gasteiger partial charge < -0.3 is 24.0 Å². The third-order valence-corrected chi connectivity index (χ3v) is 6.44. The van der Waals surface area contributed by atoms with Gasteiger partial charge in [0.1, 0.15) is 11.4 Å². The van der Waals surface area contributed by atoms with Crippen LogP contribution in [-0.2, 0) is 19.1 Å². The van der Waals surface area contributed by atoms with E-state index in [-0.39, 0.29) is 37.0 Å². The molecule has 1 fully saturated rings. The van der Waals surface area contributed by atoms with Crippen molar-refractivity contribution in [3.63, 3.8) is 0 Å². The summed E-state index contributed by atoms with van der Waals surface area (Å²) in [5.41, 5.74) is 3.55. The number of piperazine rings is 1. The van der Waals surface area contributed by atoms with Crippen molar-refractivity contribution in [1.82, 2.24) is 14.7 Å². The molecule has 200 valence electrons. The number of carbonyl (C=O) groups is 3. The van der Waals surface area contributed by atoms with Crippen molar-refractivity contribution in [2.75, 3.05) is 51.9 Å². The number of hydrogen-bond donors (Lipinski definition) is 0. The maximum absolute atomic E-state index is 12.5. The fourth-order valence-corrected chi connectivity index (χ4v) is 4.41. The second-order valence-electron chi connectivity index (χ2n) is 8.71. The van der Waals surface area contributed by atoms with E-state index in [0.29, 0.717) is 37.6 Å². The lowest BCUT2D eigenvalue weighted by molar-refractivity contribution is -0.143. The second kappa shape index (κ2) is 12.3. The summed E-state index contributed by atoms with van der Waals surface area (Å²) in [5, 5.41) is 4.54. The van der Waals surface area contributed by atoms with Crippen LogP contribution in [0.25, 0.3) is 16.9 Å². The Labute approximate surface area is 221 Å². The third-order valence-electron chi connectivity index (χ3n) is 6.44. The third kappa shape index (κ3) is 5.96. The van der Waals surface area contributed by atoms with Crippen LogP contribution in [0, 0.1) is 0 Å². The van der Waals surface area contributed by atoms with Crippen LogP contribution in [0.15, 0.2) is 54.6 Å². The molecule has 2 heterocycles. The van der Waals surface area contributed by atoms with Gasteiger partial charge in [-0.1, -0.05) is 24.3 Å². The van der Waals surface area contributed by atoms with Gasteiger partial charge in [-0.3, -0.25) is 9.59 Å². The fourth-order valence-electron chi connectivity index (χ4n) is 4.41. The van der Waals surface area contributed by atoms with Crippen LogP contribution in [-0.4, -0.2) is 79.5 Å². The van der Waals surface area contributed by atoms with Crippen molar-refractivity contribution >= 4 is 23.5 Å². The van der Waals surface area contributed by atoms with Crippen LogP contribution in [0.5, 0.6) is 5.75 Å². The second-order valence-corrected chi connectivity index (χ2v) is 8.71. The summed E-state index contributed by atoms with van der Waals surface area (Å²) >= 11 is 0. The van der Waals surface area contributed by atoms with Crippen molar-refractivity contribution in [3.8, 4) is 22.7 Å². The molecule has 0 bridgehead atoms. The molecule has 1 amide bonds. The maximum atomic E-state index is 12.5. The summed E-state index contributed by atoms with van der Waals surface area (Å²) in [5.74, 6) is -0.271. The van der Waals surface area contributed by atoms with E-state index >= 15 is 0 Å². The molecule has 0 unspecified atom stereocenters. The largest absolute Gasteiger partial charge is 0.494 e. The maximum Gasteiger partial charge on any atom is 0.358 e. The lowest BCUT2D eigenvalue weighted by atomic mass is 10.1. The van der Waals surface area contributed by atoms with Gasteiger partial charge in [-0.05, 0) is 37.3 Å². The molecule has 0 radical (unpaired) electrons. The highest BCUT2D eigenvalue weighted by Gasteiger charge is 2.23. The number of carbonyl (C=O) groups excluding carboxylic acids is 3. The lowest BCUT2D eigenvalue weighted by Gasteiger charge is -2.36. The molecule has 0 aliphatic carbocycles. The predicted molar refractivity (Wildman–Crippen MR) is 142 cm³/mol. The average molecular weight is 521 g/mol. The molecule has 1 aromatic heterocycles. The Bertz CT molecular complexity index is 1280. The Morgan fingerprint density at radius 3 is 2.29 bits per heavy atom. The molecule has 0 N–H and O–H groups in total. The molecule has 3 aromatic rings. The van der Waals surface area contributed by atoms with E-state index in [4.69, 9.17) is 9.47 Å². The first kappa shape index (κ1) is 26.7. The fraction of sp³-hybridized carbons (Fsp3) is 0.357. The van der Waals surface area contributed by atoms with Crippen LogP contribution in [0.4, 0.5) is 5.69 Å². The van der Waals surface area contributed by atoms with Crippen molar-refractivity contribution in [2.24, 2.45) is 0 Å². The highest BCUT2D eigenvalue weighted by atomic mass is 16.5. The summed E-state index contributed by atoms with van der Waals surface area (Å²) in [6.45, 7) is 4.57. The zero-order valence-corrected chi connectivity index (χ0v) is 21.9. The van der Waals surface area contributed by atoms with Gasteiger partial charge in [0.25, 0.3) is 0 Å². The van der Waals surface area contributed by atoms with Gasteiger partial charge in [0.15, 0.2) is 5.69 Å². The van der Waals surface area contributed by atoms with Crippen molar-refractivity contribution in [1.29, 1.82) is 0 Å². The molecule has 0 atom stereocenters. The summed E-state index contributed by atoms with van der Waals surface area (Å²) < 4.78 is 17.0. The quantitative estimate of drug-likeness (QED) is 0.396. The molecular weight excluding hydrogens is 488 g/mol. The van der Waals surface area contributed by atoms with Crippen LogP contribution in [0.3, 0.4) is 0 Å². The normalized spacial score (nSPS) is 13.2. The van der Waals surface area contributed by atoms with Crippen LogP contribution >= 0.6 is 0 Å². The van der Waals surface area contributed by atoms with E-state index in [0.717, 1.165) is 16.9 Å². The number of benzene rings is 2. The van der Waals surface area contributed by atoms with Crippen LogP contribution in [0.1, 0.15) is 30.3 Å². The SMILES string of the molecule is CCOC(=O)c1cc(-c2ccc(N3CCN(C(=O)CCC(=O)OC)CC3)cc2)n(-c2ccccc2OC)n1. The first-order chi connectivity index (χ1) is 18.4. The molecular formula is C28H32N4O6. The number of hydrogen-bond acceptors (Lipinski definition) is 8. The van der Waals surface area contributed by atoms with Crippen molar-refractivity contribution in [3.05, 3.63) is 60.3 Å². The van der Waals surface area contributed by atoms with Crippen molar-refractivity contribution in [2.45, 2.75) is 19.8 Å². The molecule has 1 saturated heterocycles. The van der Waals surface area contributed by atoms with Gasteiger partial charge in [-0.15, -0.1) is 0 Å². The average Bonchev–Trinajstić information content (AvgIpc) is 3.41. The van der Waals surface area contributed by atoms with Gasteiger partial charge in [-0.25, -0.2) is 9.48 Å². The van der Waals surface area contributed by atoms with Crippen LogP contribution in [0.2, 0.25) is 0 Å². The number of aromatic nitrogens is 2. The summed E-state index contributed by atoms with van der Waals surface area (Å²) in [6, 6.07) is 17.2. The summed E-state index contributed by atoms with van der Waals surface area (Å²) in [7, 11) is 2.91. The zero-order valence-electron chi connectivity index (χ0n) is 21.9. The van der Waals surface area contributed by atoms with E-state index in [9.17, 15) is 14.4 Å². The highest BCUT2D eigenvalue weighted by molar-refractivity contribution is 5.89. The van der Waals surface area contributed by atoms with Gasteiger partial charge in [-0.2, -0.15) is 5.10 Å². The molecule has 4 rings (SSSR count). The minimum Gasteiger partial charge on any atom is -0.494 e. The smallest absolute Gasteiger partial charge is 0.358 e. The number of ether oxygens (including phenoxy) is 3. The number of nitrogens with zero attached hydrogens (tertiary/aromatic N) is 4. The number of rotatable bonds is 9. The van der Waals surface area contributed by atoms with Gasteiger partial charge in [0.2, 0.25) is 5.91 Å². The number of methoxy groups -OCH3 is 2. The van der Waals surface area contributed by atoms with E-state index in [1.807, 2.05) is 48.5 Å². The Kier molecular flexibility index (Phi) is 8.62. The Morgan fingerprint density at radius 1 is 0.921 bits per heavy atom. The first-order valence-corrected chi connectivity index (χ1v) is 12.6. The topological polar surface area (TPSA) is 103 Å². The van der Waals surface area contributed by atoms with E-state index < -0.39 is 5.97 Å². The van der Waals surface area contributed by atoms with E-state index in [2.05, 4.69) is 14.7 Å². The zero-order chi connectivity index (χ0) is 27.1. The minimum atomic E-state index is -0.488. The molecule has 38 heavy (non-hydrogen) atoms. The Morgan fingerprint density at radius 2 is 1.63 bits per heavy atom. The number of anilines is 1. The Hall–Kier alpha value is -4.34. The van der Waals surface area contributed by atoms with Crippen molar-refractivity contribution < 1.29 is 28.6 Å². The number of para-hydroxylation sites is 2. The van der Waals surface area contributed by atoms with Gasteiger partial charge >= 0.3 is 11.9 Å². The molecule has 1 aliphatic heterocycles. The summed E-state index contributed by atoms with van der Waals surface area (Å²) in [6.07, 6.45) is 0.259. The van der Waals surface area contributed by atoms with Gasteiger partial charge in [0, 0.05) is 43.9 Å². The highest BCUT2D eigenvalue weighted by Crippen LogP contribution is 2.31. The first-order valence-electron chi connectivity index (χ1n) is 12.6. The molecule has 10 nitrogen and oxygen atoms in total. The Balaban J connectivity index is 1.51. The minimum absolute atomic E-state index is 0.0348. The number of amides is 1. The molecule has 10 heteroatoms. The van der Waals surface area contributed by atoms with E-state index in [1.54, 1.807) is 29.7 Å². The van der Waals surface area contributed by atoms with Gasteiger partial charge in [0.05, 0.1) is 32.9 Å². The summed E-state index contributed by atoms with van der Waals surface area (Å²) in [4.78, 5) is 40.2.